The molecule has 0 aliphatic rings. The van der Waals surface area contributed by atoms with Crippen molar-refractivity contribution in [2.75, 3.05) is 20.3 Å². The number of sulfonamides is 1. The molecule has 0 spiro atoms. The second-order valence-corrected chi connectivity index (χ2v) is 8.27. The maximum Gasteiger partial charge on any atom is 0.250 e. The van der Waals surface area contributed by atoms with Gasteiger partial charge in [-0.05, 0) is 25.0 Å². The molecule has 4 nitrogen and oxygen atoms in total. The van der Waals surface area contributed by atoms with E-state index in [4.69, 9.17) is 4.74 Å². The van der Waals surface area contributed by atoms with Gasteiger partial charge < -0.3 is 4.74 Å². The first-order valence-corrected chi connectivity index (χ1v) is 8.92. The predicted molar refractivity (Wildman–Crippen MR) is 78.1 cm³/mol. The molecule has 104 valence electrons. The Bertz CT molecular complexity index is 459. The smallest absolute Gasteiger partial charge is 0.250 e. The fourth-order valence-corrected chi connectivity index (χ4v) is 4.26. The molecule has 7 heteroatoms. The highest BCUT2D eigenvalue weighted by Crippen LogP contribution is 2.21. The van der Waals surface area contributed by atoms with Crippen LogP contribution in [0.5, 0.6) is 0 Å². The summed E-state index contributed by atoms with van der Waals surface area (Å²) in [5.41, 5.74) is 0. The number of hydrogen-bond acceptors (Lipinski definition) is 4. The summed E-state index contributed by atoms with van der Waals surface area (Å²) in [5.74, 6) is 0. The standard InChI is InChI=1S/C11H18BrNO3S2/c1-3-10-4-5-11(17-10)18(14,15)13-7-6-9(12)8-16-2/h4-5,9,13H,3,6-8H2,1-2H3. The summed E-state index contributed by atoms with van der Waals surface area (Å²) in [5, 5.41) is 0. The minimum atomic E-state index is -3.35. The molecule has 0 aromatic carbocycles. The highest BCUT2D eigenvalue weighted by molar-refractivity contribution is 9.09. The van der Waals surface area contributed by atoms with Crippen LogP contribution in [-0.4, -0.2) is 33.5 Å². The maximum absolute atomic E-state index is 12.0. The largest absolute Gasteiger partial charge is 0.384 e. The molecule has 1 atom stereocenters. The van der Waals surface area contributed by atoms with Crippen molar-refractivity contribution in [3.8, 4) is 0 Å². The van der Waals surface area contributed by atoms with Gasteiger partial charge in [0.2, 0.25) is 10.0 Å². The zero-order chi connectivity index (χ0) is 13.6. The summed E-state index contributed by atoms with van der Waals surface area (Å²) in [6, 6.07) is 3.52. The van der Waals surface area contributed by atoms with Gasteiger partial charge in [0, 0.05) is 23.4 Å². The zero-order valence-electron chi connectivity index (χ0n) is 10.5. The maximum atomic E-state index is 12.0. The van der Waals surface area contributed by atoms with Crippen LogP contribution >= 0.6 is 27.3 Å². The SMILES string of the molecule is CCc1ccc(S(=O)(=O)NCCC(Br)COC)s1. The van der Waals surface area contributed by atoms with Crippen molar-refractivity contribution < 1.29 is 13.2 Å². The first-order chi connectivity index (χ1) is 8.49. The van der Waals surface area contributed by atoms with E-state index in [-0.39, 0.29) is 4.83 Å². The molecular weight excluding hydrogens is 338 g/mol. The summed E-state index contributed by atoms with van der Waals surface area (Å²) >= 11 is 4.74. The predicted octanol–water partition coefficient (Wildman–Crippen LogP) is 2.39. The molecule has 18 heavy (non-hydrogen) atoms. The van der Waals surface area contributed by atoms with Gasteiger partial charge in [0.25, 0.3) is 0 Å². The Morgan fingerprint density at radius 3 is 2.78 bits per heavy atom. The topological polar surface area (TPSA) is 55.4 Å². The number of halogens is 1. The molecular formula is C11H18BrNO3S2. The lowest BCUT2D eigenvalue weighted by Crippen LogP contribution is -2.26. The van der Waals surface area contributed by atoms with Crippen molar-refractivity contribution in [1.82, 2.24) is 4.72 Å². The van der Waals surface area contributed by atoms with Crippen molar-refractivity contribution in [3.63, 3.8) is 0 Å². The van der Waals surface area contributed by atoms with Gasteiger partial charge in [-0.15, -0.1) is 11.3 Å². The van der Waals surface area contributed by atoms with Crippen LogP contribution in [0.1, 0.15) is 18.2 Å². The molecule has 0 aliphatic heterocycles. The molecule has 1 N–H and O–H groups in total. The molecule has 0 bridgehead atoms. The van der Waals surface area contributed by atoms with E-state index in [0.717, 1.165) is 11.3 Å². The van der Waals surface area contributed by atoms with E-state index in [0.29, 0.717) is 23.8 Å². The third-order valence-corrected chi connectivity index (χ3v) is 6.25. The van der Waals surface area contributed by atoms with E-state index in [1.54, 1.807) is 13.2 Å². The molecule has 1 aromatic heterocycles. The molecule has 0 aliphatic carbocycles. The highest BCUT2D eigenvalue weighted by atomic mass is 79.9. The quantitative estimate of drug-likeness (QED) is 0.728. The summed E-state index contributed by atoms with van der Waals surface area (Å²) in [4.78, 5) is 1.24. The number of hydrogen-bond donors (Lipinski definition) is 1. The van der Waals surface area contributed by atoms with E-state index >= 15 is 0 Å². The van der Waals surface area contributed by atoms with Crippen LogP contribution in [0.15, 0.2) is 16.3 Å². The molecule has 1 rings (SSSR count). The summed E-state index contributed by atoms with van der Waals surface area (Å²) in [6.07, 6.45) is 1.55. The van der Waals surface area contributed by atoms with E-state index < -0.39 is 10.0 Å². The lowest BCUT2D eigenvalue weighted by Gasteiger charge is -2.09. The van der Waals surface area contributed by atoms with Crippen LogP contribution in [0.25, 0.3) is 0 Å². The molecule has 0 saturated carbocycles. The van der Waals surface area contributed by atoms with Gasteiger partial charge in [-0.3, -0.25) is 0 Å². The molecule has 0 amide bonds. The lowest BCUT2D eigenvalue weighted by molar-refractivity contribution is 0.199. The van der Waals surface area contributed by atoms with Crippen molar-refractivity contribution >= 4 is 37.3 Å². The van der Waals surface area contributed by atoms with Crippen LogP contribution in [-0.2, 0) is 21.2 Å². The van der Waals surface area contributed by atoms with Crippen molar-refractivity contribution in [2.24, 2.45) is 0 Å². The molecule has 1 aromatic rings. The molecule has 0 radical (unpaired) electrons. The van der Waals surface area contributed by atoms with Crippen LogP contribution in [0.3, 0.4) is 0 Å². The fraction of sp³-hybridized carbons (Fsp3) is 0.636. The van der Waals surface area contributed by atoms with Gasteiger partial charge in [-0.2, -0.15) is 0 Å². The van der Waals surface area contributed by atoms with Crippen molar-refractivity contribution in [2.45, 2.75) is 28.8 Å². The molecule has 0 saturated heterocycles. The van der Waals surface area contributed by atoms with Crippen LogP contribution < -0.4 is 4.72 Å². The number of nitrogens with one attached hydrogen (secondary N) is 1. The molecule has 1 heterocycles. The first-order valence-electron chi connectivity index (χ1n) is 5.71. The van der Waals surface area contributed by atoms with E-state index in [2.05, 4.69) is 20.7 Å². The Hall–Kier alpha value is 0.0500. The van der Waals surface area contributed by atoms with Gasteiger partial charge in [-0.1, -0.05) is 22.9 Å². The van der Waals surface area contributed by atoms with E-state index in [1.807, 2.05) is 13.0 Å². The van der Waals surface area contributed by atoms with E-state index in [1.165, 1.54) is 11.3 Å². The van der Waals surface area contributed by atoms with Crippen LogP contribution in [0, 0.1) is 0 Å². The van der Waals surface area contributed by atoms with Gasteiger partial charge in [0.05, 0.1) is 6.61 Å². The number of aryl methyl sites for hydroxylation is 1. The van der Waals surface area contributed by atoms with Crippen molar-refractivity contribution in [1.29, 1.82) is 0 Å². The summed E-state index contributed by atoms with van der Waals surface area (Å²) in [6.45, 7) is 2.98. The van der Waals surface area contributed by atoms with Gasteiger partial charge >= 0.3 is 0 Å². The number of alkyl halides is 1. The average molecular weight is 356 g/mol. The highest BCUT2D eigenvalue weighted by Gasteiger charge is 2.16. The Balaban J connectivity index is 2.50. The normalized spacial score (nSPS) is 13.7. The van der Waals surface area contributed by atoms with E-state index in [9.17, 15) is 8.42 Å². The summed E-state index contributed by atoms with van der Waals surface area (Å²) in [7, 11) is -1.73. The minimum absolute atomic E-state index is 0.166. The fourth-order valence-electron chi connectivity index (χ4n) is 1.38. The Kier molecular flexibility index (Phi) is 6.79. The number of rotatable bonds is 8. The Morgan fingerprint density at radius 1 is 1.50 bits per heavy atom. The third kappa shape index (κ3) is 4.97. The van der Waals surface area contributed by atoms with Gasteiger partial charge in [0.15, 0.2) is 0 Å². The minimum Gasteiger partial charge on any atom is -0.384 e. The van der Waals surface area contributed by atoms with Crippen LogP contribution in [0.2, 0.25) is 0 Å². The number of thiophene rings is 1. The molecule has 1 unspecified atom stereocenters. The second-order valence-electron chi connectivity index (χ2n) is 3.81. The number of methoxy groups -OCH3 is 1. The van der Waals surface area contributed by atoms with Crippen LogP contribution in [0.4, 0.5) is 0 Å². The van der Waals surface area contributed by atoms with Crippen molar-refractivity contribution in [3.05, 3.63) is 17.0 Å². The lowest BCUT2D eigenvalue weighted by atomic mass is 10.3. The molecule has 0 fully saturated rings. The number of ether oxygens (including phenoxy) is 1. The average Bonchev–Trinajstić information content (AvgIpc) is 2.78. The Labute approximate surface area is 121 Å². The zero-order valence-corrected chi connectivity index (χ0v) is 13.7. The first kappa shape index (κ1) is 16.1. The van der Waals surface area contributed by atoms with Gasteiger partial charge in [-0.25, -0.2) is 13.1 Å². The second kappa shape index (κ2) is 7.59. The third-order valence-electron chi connectivity index (χ3n) is 2.35. The van der Waals surface area contributed by atoms with Gasteiger partial charge in [0.1, 0.15) is 4.21 Å². The monoisotopic (exact) mass is 355 g/mol. The Morgan fingerprint density at radius 2 is 2.22 bits per heavy atom. The summed E-state index contributed by atoms with van der Waals surface area (Å²) < 4.78 is 31.9.